The lowest BCUT2D eigenvalue weighted by Crippen LogP contribution is -2.04. The van der Waals surface area contributed by atoms with E-state index in [0.717, 1.165) is 24.2 Å². The molecule has 0 amide bonds. The van der Waals surface area contributed by atoms with Crippen LogP contribution in [0.25, 0.3) is 0 Å². The second kappa shape index (κ2) is 4.61. The van der Waals surface area contributed by atoms with Crippen molar-refractivity contribution in [1.82, 2.24) is 0 Å². The predicted molar refractivity (Wildman–Crippen MR) is 62.4 cm³/mol. The summed E-state index contributed by atoms with van der Waals surface area (Å²) >= 11 is 0. The molecule has 2 rings (SSSR count). The Balaban J connectivity index is 2.05. The summed E-state index contributed by atoms with van der Waals surface area (Å²) in [6.45, 7) is 2.08. The fraction of sp³-hybridized carbons (Fsp3) is 0.500. The van der Waals surface area contributed by atoms with Gasteiger partial charge in [0.05, 0.1) is 0 Å². The highest BCUT2D eigenvalue weighted by Gasteiger charge is 2.34. The second-order valence-electron chi connectivity index (χ2n) is 4.54. The lowest BCUT2D eigenvalue weighted by atomic mass is 9.91. The van der Waals surface area contributed by atoms with E-state index in [-0.39, 0.29) is 0 Å². The van der Waals surface area contributed by atoms with Crippen molar-refractivity contribution >= 4 is 6.29 Å². The third-order valence-electron chi connectivity index (χ3n) is 3.42. The Kier molecular flexibility index (Phi) is 3.20. The third-order valence-corrected chi connectivity index (χ3v) is 3.42. The Labute approximate surface area is 91.6 Å². The molecule has 80 valence electrons. The summed E-state index contributed by atoms with van der Waals surface area (Å²) in [5.74, 6) is 2.07. The highest BCUT2D eigenvalue weighted by Crippen LogP contribution is 2.44. The zero-order valence-electron chi connectivity index (χ0n) is 9.23. The molecule has 2 bridgehead atoms. The monoisotopic (exact) mass is 202 g/mol. The lowest BCUT2D eigenvalue weighted by molar-refractivity contribution is -0.104. The molecule has 2 aliphatic carbocycles. The summed E-state index contributed by atoms with van der Waals surface area (Å²) in [7, 11) is 0. The molecular formula is C14H18O. The molecule has 0 aliphatic heterocycles. The molecule has 1 fully saturated rings. The number of fused-ring (bicyclic) bond motifs is 2. The molecule has 0 radical (unpaired) electrons. The van der Waals surface area contributed by atoms with E-state index in [1.807, 2.05) is 12.2 Å². The smallest absolute Gasteiger partial charge is 0.149 e. The molecule has 15 heavy (non-hydrogen) atoms. The first-order valence-corrected chi connectivity index (χ1v) is 5.85. The predicted octanol–water partition coefficient (Wildman–Crippen LogP) is 3.29. The van der Waals surface area contributed by atoms with Gasteiger partial charge in [0.1, 0.15) is 6.29 Å². The van der Waals surface area contributed by atoms with Gasteiger partial charge >= 0.3 is 0 Å². The van der Waals surface area contributed by atoms with Gasteiger partial charge in [0.15, 0.2) is 0 Å². The van der Waals surface area contributed by atoms with Gasteiger partial charge in [-0.2, -0.15) is 0 Å². The third kappa shape index (κ3) is 2.28. The van der Waals surface area contributed by atoms with Crippen LogP contribution in [-0.2, 0) is 4.79 Å². The van der Waals surface area contributed by atoms with Crippen molar-refractivity contribution in [2.24, 2.45) is 17.8 Å². The van der Waals surface area contributed by atoms with E-state index >= 15 is 0 Å². The molecule has 1 heteroatoms. The minimum absolute atomic E-state index is 0.599. The van der Waals surface area contributed by atoms with Crippen LogP contribution >= 0.6 is 0 Å². The average Bonchev–Trinajstić information content (AvgIpc) is 2.85. The van der Waals surface area contributed by atoms with E-state index in [0.29, 0.717) is 11.8 Å². The summed E-state index contributed by atoms with van der Waals surface area (Å²) in [4.78, 5) is 10.9. The molecular weight excluding hydrogens is 184 g/mol. The van der Waals surface area contributed by atoms with Gasteiger partial charge < -0.3 is 0 Å². The van der Waals surface area contributed by atoms with E-state index < -0.39 is 0 Å². The van der Waals surface area contributed by atoms with Gasteiger partial charge in [0, 0.05) is 5.57 Å². The summed E-state index contributed by atoms with van der Waals surface area (Å²) in [5.41, 5.74) is 0.850. The number of allylic oxidation sites excluding steroid dienone is 6. The van der Waals surface area contributed by atoms with Gasteiger partial charge in [-0.15, -0.1) is 0 Å². The number of aldehydes is 1. The molecule has 0 unspecified atom stereocenters. The Morgan fingerprint density at radius 3 is 2.80 bits per heavy atom. The normalized spacial score (nSPS) is 34.2. The lowest BCUT2D eigenvalue weighted by Gasteiger charge is -2.13. The van der Waals surface area contributed by atoms with Crippen LogP contribution in [-0.4, -0.2) is 6.29 Å². The van der Waals surface area contributed by atoms with Crippen LogP contribution in [0.4, 0.5) is 0 Å². The maximum atomic E-state index is 10.9. The van der Waals surface area contributed by atoms with Crippen LogP contribution in [0.15, 0.2) is 36.0 Å². The number of hydrogen-bond donors (Lipinski definition) is 0. The highest BCUT2D eigenvalue weighted by atomic mass is 16.1. The van der Waals surface area contributed by atoms with E-state index in [4.69, 9.17) is 0 Å². The summed E-state index contributed by atoms with van der Waals surface area (Å²) in [5, 5.41) is 0. The molecule has 3 atom stereocenters. The summed E-state index contributed by atoms with van der Waals surface area (Å²) in [6.07, 6.45) is 15.3. The number of hydrogen-bond acceptors (Lipinski definition) is 1. The van der Waals surface area contributed by atoms with E-state index in [2.05, 4.69) is 25.2 Å². The Bertz CT molecular complexity index is 322. The van der Waals surface area contributed by atoms with Crippen LogP contribution in [0, 0.1) is 17.8 Å². The quantitative estimate of drug-likeness (QED) is 0.296. The Morgan fingerprint density at radius 2 is 2.27 bits per heavy atom. The Hall–Kier alpha value is -1.11. The topological polar surface area (TPSA) is 17.1 Å². The van der Waals surface area contributed by atoms with Gasteiger partial charge in [0.25, 0.3) is 0 Å². The molecule has 0 saturated heterocycles. The standard InChI is InChI=1S/C14H18O/c1-2-3-4-12(10-15)9-14-8-11-5-6-13(14)7-11/h3-6,9-11,13-14H,2,7-8H2,1H3/b4-3+,12-9+/t11-,13-,14-/m0/s1. The summed E-state index contributed by atoms with van der Waals surface area (Å²) < 4.78 is 0. The fourth-order valence-corrected chi connectivity index (χ4v) is 2.65. The van der Waals surface area contributed by atoms with Crippen molar-refractivity contribution in [1.29, 1.82) is 0 Å². The molecule has 0 spiro atoms. The summed E-state index contributed by atoms with van der Waals surface area (Å²) in [6, 6.07) is 0. The van der Waals surface area contributed by atoms with Gasteiger partial charge in [0.2, 0.25) is 0 Å². The zero-order chi connectivity index (χ0) is 10.7. The van der Waals surface area contributed by atoms with Crippen molar-refractivity contribution in [3.05, 3.63) is 36.0 Å². The van der Waals surface area contributed by atoms with E-state index in [1.165, 1.54) is 12.8 Å². The first-order valence-electron chi connectivity index (χ1n) is 5.85. The van der Waals surface area contributed by atoms with Crippen LogP contribution in [0.2, 0.25) is 0 Å². The van der Waals surface area contributed by atoms with Gasteiger partial charge in [-0.1, -0.05) is 37.3 Å². The second-order valence-corrected chi connectivity index (χ2v) is 4.54. The van der Waals surface area contributed by atoms with Crippen molar-refractivity contribution < 1.29 is 4.79 Å². The SMILES string of the molecule is CC/C=C/C(C=O)=C\[C@@H]1C[C@H]2C=C[C@H]1C2. The minimum Gasteiger partial charge on any atom is -0.298 e. The number of carbonyl (C=O) groups excluding carboxylic acids is 1. The maximum absolute atomic E-state index is 10.9. The van der Waals surface area contributed by atoms with E-state index in [9.17, 15) is 4.79 Å². The first-order chi connectivity index (χ1) is 7.33. The molecule has 2 aliphatic rings. The average molecular weight is 202 g/mol. The minimum atomic E-state index is 0.599. The molecule has 1 saturated carbocycles. The van der Waals surface area contributed by atoms with Gasteiger partial charge in [-0.05, 0) is 37.0 Å². The molecule has 0 aromatic rings. The first kappa shape index (κ1) is 10.4. The maximum Gasteiger partial charge on any atom is 0.149 e. The highest BCUT2D eigenvalue weighted by molar-refractivity contribution is 5.77. The Morgan fingerprint density at radius 1 is 1.40 bits per heavy atom. The van der Waals surface area contributed by atoms with Crippen LogP contribution in [0.1, 0.15) is 26.2 Å². The fourth-order valence-electron chi connectivity index (χ4n) is 2.65. The molecule has 1 nitrogen and oxygen atoms in total. The van der Waals surface area contributed by atoms with Gasteiger partial charge in [-0.3, -0.25) is 4.79 Å². The van der Waals surface area contributed by atoms with Crippen molar-refractivity contribution in [3.63, 3.8) is 0 Å². The number of rotatable bonds is 4. The number of carbonyl (C=O) groups is 1. The van der Waals surface area contributed by atoms with Crippen molar-refractivity contribution in [3.8, 4) is 0 Å². The molecule has 0 aromatic carbocycles. The van der Waals surface area contributed by atoms with Crippen LogP contribution < -0.4 is 0 Å². The molecule has 0 aromatic heterocycles. The van der Waals surface area contributed by atoms with Gasteiger partial charge in [-0.25, -0.2) is 0 Å². The van der Waals surface area contributed by atoms with Crippen LogP contribution in [0.3, 0.4) is 0 Å². The molecule has 0 N–H and O–H groups in total. The zero-order valence-corrected chi connectivity index (χ0v) is 9.23. The van der Waals surface area contributed by atoms with Crippen molar-refractivity contribution in [2.75, 3.05) is 0 Å². The largest absolute Gasteiger partial charge is 0.298 e. The van der Waals surface area contributed by atoms with E-state index in [1.54, 1.807) is 0 Å². The molecule has 0 heterocycles. The van der Waals surface area contributed by atoms with Crippen molar-refractivity contribution in [2.45, 2.75) is 26.2 Å². The van der Waals surface area contributed by atoms with Crippen LogP contribution in [0.5, 0.6) is 0 Å².